The van der Waals surface area contributed by atoms with Crippen molar-refractivity contribution in [3.05, 3.63) is 35.9 Å². The van der Waals surface area contributed by atoms with Gasteiger partial charge in [0.05, 0.1) is 13.1 Å². The Hall–Kier alpha value is -1.84. The minimum atomic E-state index is 0.00399. The predicted molar refractivity (Wildman–Crippen MR) is 58.4 cm³/mol. The van der Waals surface area contributed by atoms with Gasteiger partial charge in [-0.2, -0.15) is 0 Å². The van der Waals surface area contributed by atoms with Gasteiger partial charge in [-0.05, 0) is 5.56 Å². The molecule has 4 nitrogen and oxygen atoms in total. The molecule has 0 aromatic heterocycles. The summed E-state index contributed by atoms with van der Waals surface area (Å²) in [4.78, 5) is 17.2. The molecule has 0 saturated carbocycles. The van der Waals surface area contributed by atoms with Crippen LogP contribution in [0.15, 0.2) is 35.3 Å². The second-order valence-corrected chi connectivity index (χ2v) is 3.53. The standard InChI is InChI=1S/C11H13N3O/c1-14-8-10(15)13-11(14)12-7-9-5-3-2-4-6-9/h2-6H,7-8H2,1H3,(H,12,13,15). The third kappa shape index (κ3) is 2.34. The Kier molecular flexibility index (Phi) is 2.67. The van der Waals surface area contributed by atoms with Gasteiger partial charge in [-0.1, -0.05) is 30.3 Å². The largest absolute Gasteiger partial charge is 0.336 e. The van der Waals surface area contributed by atoms with E-state index in [0.717, 1.165) is 5.56 Å². The van der Waals surface area contributed by atoms with Crippen molar-refractivity contribution in [3.8, 4) is 0 Å². The van der Waals surface area contributed by atoms with E-state index in [4.69, 9.17) is 0 Å². The van der Waals surface area contributed by atoms with Crippen LogP contribution < -0.4 is 5.32 Å². The summed E-state index contributed by atoms with van der Waals surface area (Å²) < 4.78 is 0. The van der Waals surface area contributed by atoms with E-state index in [1.54, 1.807) is 0 Å². The van der Waals surface area contributed by atoms with E-state index in [1.807, 2.05) is 42.3 Å². The molecule has 0 unspecified atom stereocenters. The van der Waals surface area contributed by atoms with Crippen molar-refractivity contribution >= 4 is 11.9 Å². The molecule has 1 aliphatic rings. The summed E-state index contributed by atoms with van der Waals surface area (Å²) in [5.41, 5.74) is 1.14. The minimum absolute atomic E-state index is 0.00399. The zero-order valence-corrected chi connectivity index (χ0v) is 8.60. The van der Waals surface area contributed by atoms with E-state index < -0.39 is 0 Å². The number of amides is 1. The van der Waals surface area contributed by atoms with E-state index in [-0.39, 0.29) is 5.91 Å². The fourth-order valence-electron chi connectivity index (χ4n) is 1.46. The van der Waals surface area contributed by atoms with Crippen molar-refractivity contribution in [3.63, 3.8) is 0 Å². The van der Waals surface area contributed by atoms with Crippen LogP contribution in [0.4, 0.5) is 0 Å². The molecule has 1 saturated heterocycles. The second kappa shape index (κ2) is 4.13. The summed E-state index contributed by atoms with van der Waals surface area (Å²) in [5.74, 6) is 0.660. The zero-order valence-electron chi connectivity index (χ0n) is 8.60. The number of guanidine groups is 1. The lowest BCUT2D eigenvalue weighted by atomic mass is 10.2. The first kappa shape index (κ1) is 9.71. The number of carbonyl (C=O) groups is 1. The summed E-state index contributed by atoms with van der Waals surface area (Å²) in [7, 11) is 1.85. The van der Waals surface area contributed by atoms with Crippen LogP contribution in [0.25, 0.3) is 0 Å². The van der Waals surface area contributed by atoms with Crippen LogP contribution in [-0.2, 0) is 11.3 Å². The Morgan fingerprint density at radius 2 is 2.13 bits per heavy atom. The maximum Gasteiger partial charge on any atom is 0.246 e. The maximum atomic E-state index is 11.0. The molecule has 4 heteroatoms. The summed E-state index contributed by atoms with van der Waals surface area (Å²) in [6, 6.07) is 9.96. The summed E-state index contributed by atoms with van der Waals surface area (Å²) in [6.45, 7) is 0.994. The molecule has 0 radical (unpaired) electrons. The molecule has 0 aliphatic carbocycles. The first-order valence-corrected chi connectivity index (χ1v) is 4.85. The Morgan fingerprint density at radius 1 is 1.40 bits per heavy atom. The van der Waals surface area contributed by atoms with E-state index in [9.17, 15) is 4.79 Å². The summed E-state index contributed by atoms with van der Waals surface area (Å²) >= 11 is 0. The van der Waals surface area contributed by atoms with Gasteiger partial charge in [0.15, 0.2) is 0 Å². The zero-order chi connectivity index (χ0) is 10.7. The van der Waals surface area contributed by atoms with Crippen LogP contribution in [0.3, 0.4) is 0 Å². The van der Waals surface area contributed by atoms with Gasteiger partial charge in [-0.25, -0.2) is 4.99 Å². The highest BCUT2D eigenvalue weighted by atomic mass is 16.2. The lowest BCUT2D eigenvalue weighted by Gasteiger charge is -2.08. The van der Waals surface area contributed by atoms with Crippen molar-refractivity contribution in [1.29, 1.82) is 0 Å². The Labute approximate surface area is 88.6 Å². The number of aliphatic imine (C=N–C) groups is 1. The van der Waals surface area contributed by atoms with Crippen molar-refractivity contribution in [1.82, 2.24) is 10.2 Å². The number of benzene rings is 1. The first-order valence-electron chi connectivity index (χ1n) is 4.85. The highest BCUT2D eigenvalue weighted by Gasteiger charge is 2.20. The normalized spacial score (nSPS) is 18.3. The molecule has 0 bridgehead atoms. The maximum absolute atomic E-state index is 11.0. The fraction of sp³-hybridized carbons (Fsp3) is 0.273. The SMILES string of the molecule is CN1CC(=O)NC1=NCc1ccccc1. The van der Waals surface area contributed by atoms with Gasteiger partial charge in [0.2, 0.25) is 11.9 Å². The van der Waals surface area contributed by atoms with E-state index in [1.165, 1.54) is 0 Å². The van der Waals surface area contributed by atoms with Crippen molar-refractivity contribution in [2.24, 2.45) is 4.99 Å². The van der Waals surface area contributed by atoms with Gasteiger partial charge in [0.25, 0.3) is 0 Å². The Morgan fingerprint density at radius 3 is 2.73 bits per heavy atom. The number of hydrogen-bond donors (Lipinski definition) is 1. The number of nitrogens with zero attached hydrogens (tertiary/aromatic N) is 2. The Bertz CT molecular complexity index is 386. The molecule has 1 aromatic rings. The van der Waals surface area contributed by atoms with Gasteiger partial charge in [-0.15, -0.1) is 0 Å². The van der Waals surface area contributed by atoms with Crippen LogP contribution in [0.2, 0.25) is 0 Å². The van der Waals surface area contributed by atoms with Crippen LogP contribution in [0.1, 0.15) is 5.56 Å². The molecule has 2 rings (SSSR count). The second-order valence-electron chi connectivity index (χ2n) is 3.53. The molecule has 0 spiro atoms. The lowest BCUT2D eigenvalue weighted by molar-refractivity contribution is -0.118. The molecular weight excluding hydrogens is 190 g/mol. The average molecular weight is 203 g/mol. The van der Waals surface area contributed by atoms with Crippen LogP contribution in [-0.4, -0.2) is 30.4 Å². The van der Waals surface area contributed by atoms with Gasteiger partial charge < -0.3 is 4.90 Å². The van der Waals surface area contributed by atoms with E-state index in [2.05, 4.69) is 10.3 Å². The molecule has 1 aromatic carbocycles. The molecule has 78 valence electrons. The first-order chi connectivity index (χ1) is 7.25. The average Bonchev–Trinajstić information content (AvgIpc) is 2.56. The summed E-state index contributed by atoms with van der Waals surface area (Å²) in [6.07, 6.45) is 0. The van der Waals surface area contributed by atoms with Crippen LogP contribution in [0, 0.1) is 0 Å². The van der Waals surface area contributed by atoms with Crippen molar-refractivity contribution < 1.29 is 4.79 Å². The van der Waals surface area contributed by atoms with Crippen LogP contribution in [0.5, 0.6) is 0 Å². The molecule has 1 heterocycles. The number of hydrogen-bond acceptors (Lipinski definition) is 2. The van der Waals surface area contributed by atoms with Gasteiger partial charge >= 0.3 is 0 Å². The van der Waals surface area contributed by atoms with Gasteiger partial charge in [0.1, 0.15) is 0 Å². The quantitative estimate of drug-likeness (QED) is 0.765. The fourth-order valence-corrected chi connectivity index (χ4v) is 1.46. The Balaban J connectivity index is 2.03. The molecule has 1 aliphatic heterocycles. The smallest absolute Gasteiger partial charge is 0.246 e. The third-order valence-electron chi connectivity index (χ3n) is 2.25. The van der Waals surface area contributed by atoms with Crippen molar-refractivity contribution in [2.75, 3.05) is 13.6 Å². The molecular formula is C11H13N3O. The third-order valence-corrected chi connectivity index (χ3v) is 2.25. The van der Waals surface area contributed by atoms with E-state index in [0.29, 0.717) is 19.0 Å². The van der Waals surface area contributed by atoms with Gasteiger partial charge in [0, 0.05) is 7.05 Å². The molecule has 1 N–H and O–H groups in total. The highest BCUT2D eigenvalue weighted by molar-refractivity contribution is 6.04. The minimum Gasteiger partial charge on any atom is -0.336 e. The number of likely N-dealkylation sites (N-methyl/N-ethyl adjacent to an activating group) is 1. The van der Waals surface area contributed by atoms with E-state index >= 15 is 0 Å². The highest BCUT2D eigenvalue weighted by Crippen LogP contribution is 2.02. The molecule has 0 atom stereocenters. The van der Waals surface area contributed by atoms with Crippen molar-refractivity contribution in [2.45, 2.75) is 6.54 Å². The number of carbonyl (C=O) groups excluding carboxylic acids is 1. The molecule has 1 fully saturated rings. The monoisotopic (exact) mass is 203 g/mol. The lowest BCUT2D eigenvalue weighted by Crippen LogP contribution is -2.27. The van der Waals surface area contributed by atoms with Gasteiger partial charge in [-0.3, -0.25) is 10.1 Å². The molecule has 15 heavy (non-hydrogen) atoms. The topological polar surface area (TPSA) is 44.7 Å². The molecule has 1 amide bonds. The number of rotatable bonds is 2. The van der Waals surface area contributed by atoms with Crippen LogP contribution >= 0.6 is 0 Å². The number of nitrogens with one attached hydrogen (secondary N) is 1. The summed E-state index contributed by atoms with van der Waals surface area (Å²) in [5, 5.41) is 2.71. The predicted octanol–water partition coefficient (Wildman–Crippen LogP) is 0.604.